The van der Waals surface area contributed by atoms with Crippen LogP contribution < -0.4 is 0 Å². The number of aromatic nitrogens is 1. The van der Waals surface area contributed by atoms with Gasteiger partial charge in [-0.05, 0) is 48.9 Å². The molecule has 0 saturated carbocycles. The molecule has 0 spiro atoms. The van der Waals surface area contributed by atoms with E-state index >= 15 is 0 Å². The summed E-state index contributed by atoms with van der Waals surface area (Å²) in [6.45, 7) is 2.35. The minimum atomic E-state index is 0.848. The highest BCUT2D eigenvalue weighted by Gasteiger charge is 2.18. The van der Waals surface area contributed by atoms with Gasteiger partial charge in [0.1, 0.15) is 0 Å². The van der Waals surface area contributed by atoms with E-state index in [2.05, 4.69) is 41.8 Å². The topological polar surface area (TPSA) is 4.41 Å². The molecule has 0 saturated heterocycles. The molecule has 0 aromatic carbocycles. The second kappa shape index (κ2) is 2.88. The lowest BCUT2D eigenvalue weighted by Gasteiger charge is -2.18. The van der Waals surface area contributed by atoms with Crippen molar-refractivity contribution in [1.82, 2.24) is 4.40 Å². The van der Waals surface area contributed by atoms with Gasteiger partial charge in [0.2, 0.25) is 0 Å². The van der Waals surface area contributed by atoms with Crippen molar-refractivity contribution >= 4 is 5.52 Å². The Bertz CT molecular complexity index is 467. The van der Waals surface area contributed by atoms with E-state index in [1.54, 1.807) is 11.3 Å². The first-order chi connectivity index (χ1) is 6.84. The maximum atomic E-state index is 2.35. The Hall–Kier alpha value is -1.24. The van der Waals surface area contributed by atoms with E-state index in [0.717, 1.165) is 5.92 Å². The Labute approximate surface area is 84.4 Å². The van der Waals surface area contributed by atoms with Gasteiger partial charge in [-0.3, -0.25) is 0 Å². The van der Waals surface area contributed by atoms with Crippen molar-refractivity contribution in [3.63, 3.8) is 0 Å². The van der Waals surface area contributed by atoms with Gasteiger partial charge in [0.15, 0.2) is 0 Å². The first-order valence-corrected chi connectivity index (χ1v) is 5.42. The molecule has 1 nitrogen and oxygen atoms in total. The number of fused-ring (bicyclic) bond motifs is 3. The van der Waals surface area contributed by atoms with E-state index in [1.165, 1.54) is 24.8 Å². The molecule has 1 atom stereocenters. The molecular formula is C13H15N. The molecule has 1 unspecified atom stereocenters. The van der Waals surface area contributed by atoms with Gasteiger partial charge in [-0.1, -0.05) is 13.0 Å². The third-order valence-corrected chi connectivity index (χ3v) is 3.32. The van der Waals surface area contributed by atoms with E-state index < -0.39 is 0 Å². The van der Waals surface area contributed by atoms with Crippen LogP contribution >= 0.6 is 0 Å². The Morgan fingerprint density at radius 2 is 2.29 bits per heavy atom. The third-order valence-electron chi connectivity index (χ3n) is 3.32. The molecule has 14 heavy (non-hydrogen) atoms. The highest BCUT2D eigenvalue weighted by molar-refractivity contribution is 5.54. The second-order valence-corrected chi connectivity index (χ2v) is 4.46. The molecule has 0 amide bonds. The molecule has 1 heteroatoms. The Kier molecular flexibility index (Phi) is 1.66. The van der Waals surface area contributed by atoms with Crippen molar-refractivity contribution in [2.45, 2.75) is 26.2 Å². The van der Waals surface area contributed by atoms with Crippen molar-refractivity contribution in [2.75, 3.05) is 0 Å². The lowest BCUT2D eigenvalue weighted by molar-refractivity contribution is 0.492. The Morgan fingerprint density at radius 3 is 3.21 bits per heavy atom. The summed E-state index contributed by atoms with van der Waals surface area (Å²) >= 11 is 0. The number of rotatable bonds is 0. The summed E-state index contributed by atoms with van der Waals surface area (Å²) in [6.07, 6.45) is 6.04. The molecule has 0 radical (unpaired) electrons. The molecule has 2 aromatic rings. The second-order valence-electron chi connectivity index (χ2n) is 4.46. The molecule has 2 heterocycles. The van der Waals surface area contributed by atoms with Crippen LogP contribution in [-0.4, -0.2) is 4.40 Å². The van der Waals surface area contributed by atoms with Gasteiger partial charge >= 0.3 is 0 Å². The molecule has 0 bridgehead atoms. The van der Waals surface area contributed by atoms with Gasteiger partial charge in [-0.15, -0.1) is 0 Å². The first kappa shape index (κ1) is 8.10. The molecule has 2 aromatic heterocycles. The highest BCUT2D eigenvalue weighted by atomic mass is 14.9. The summed E-state index contributed by atoms with van der Waals surface area (Å²) in [6, 6.07) is 8.78. The Morgan fingerprint density at radius 1 is 1.36 bits per heavy atom. The average molecular weight is 185 g/mol. The van der Waals surface area contributed by atoms with Gasteiger partial charge in [0.25, 0.3) is 0 Å². The first-order valence-electron chi connectivity index (χ1n) is 5.42. The van der Waals surface area contributed by atoms with Crippen molar-refractivity contribution in [3.05, 3.63) is 41.7 Å². The van der Waals surface area contributed by atoms with Crippen molar-refractivity contribution < 1.29 is 0 Å². The number of hydrogen-bond donors (Lipinski definition) is 0. The molecule has 1 aliphatic carbocycles. The molecule has 0 N–H and O–H groups in total. The van der Waals surface area contributed by atoms with Crippen molar-refractivity contribution in [3.8, 4) is 0 Å². The molecule has 72 valence electrons. The predicted molar refractivity (Wildman–Crippen MR) is 58.6 cm³/mol. The minimum absolute atomic E-state index is 0.848. The number of hydrogen-bond acceptors (Lipinski definition) is 0. The monoisotopic (exact) mass is 185 g/mol. The average Bonchev–Trinajstić information content (AvgIpc) is 2.56. The predicted octanol–water partition coefficient (Wildman–Crippen LogP) is 3.06. The van der Waals surface area contributed by atoms with Crippen LogP contribution in [0.1, 0.15) is 24.6 Å². The van der Waals surface area contributed by atoms with Crippen molar-refractivity contribution in [1.29, 1.82) is 0 Å². The van der Waals surface area contributed by atoms with Crippen LogP contribution in [-0.2, 0) is 12.8 Å². The van der Waals surface area contributed by atoms with Crippen LogP contribution in [0.4, 0.5) is 0 Å². The van der Waals surface area contributed by atoms with Crippen LogP contribution in [0.2, 0.25) is 0 Å². The zero-order chi connectivity index (χ0) is 9.54. The molecular weight excluding hydrogens is 170 g/mol. The normalized spacial score (nSPS) is 21.1. The summed E-state index contributed by atoms with van der Waals surface area (Å²) in [5.74, 6) is 0.848. The summed E-state index contributed by atoms with van der Waals surface area (Å²) in [5.41, 5.74) is 4.46. The largest absolute Gasteiger partial charge is 0.321 e. The quantitative estimate of drug-likeness (QED) is 0.594. The van der Waals surface area contributed by atoms with Crippen LogP contribution in [0, 0.1) is 5.92 Å². The van der Waals surface area contributed by atoms with E-state index in [9.17, 15) is 0 Å². The molecule has 1 aliphatic rings. The maximum absolute atomic E-state index is 2.35. The van der Waals surface area contributed by atoms with Gasteiger partial charge in [0.05, 0.1) is 0 Å². The summed E-state index contributed by atoms with van der Waals surface area (Å²) < 4.78 is 2.35. The zero-order valence-corrected chi connectivity index (χ0v) is 8.53. The fourth-order valence-electron chi connectivity index (χ4n) is 2.52. The van der Waals surface area contributed by atoms with Gasteiger partial charge < -0.3 is 4.40 Å². The van der Waals surface area contributed by atoms with Gasteiger partial charge in [-0.2, -0.15) is 0 Å². The van der Waals surface area contributed by atoms with Crippen molar-refractivity contribution in [2.24, 2.45) is 5.92 Å². The van der Waals surface area contributed by atoms with Crippen LogP contribution in [0.3, 0.4) is 0 Å². The SMILES string of the molecule is CC1CCc2cc3ccccn3c2C1. The fourth-order valence-corrected chi connectivity index (χ4v) is 2.52. The summed E-state index contributed by atoms with van der Waals surface area (Å²) in [7, 11) is 0. The van der Waals surface area contributed by atoms with Crippen LogP contribution in [0.25, 0.3) is 5.52 Å². The molecule has 3 rings (SSSR count). The highest BCUT2D eigenvalue weighted by Crippen LogP contribution is 2.27. The smallest absolute Gasteiger partial charge is 0.0455 e. The number of nitrogens with zero attached hydrogens (tertiary/aromatic N) is 1. The zero-order valence-electron chi connectivity index (χ0n) is 8.53. The third kappa shape index (κ3) is 1.08. The fraction of sp³-hybridized carbons (Fsp3) is 0.385. The lowest BCUT2D eigenvalue weighted by atomic mass is 9.89. The summed E-state index contributed by atoms with van der Waals surface area (Å²) in [5, 5.41) is 0. The molecule has 0 fully saturated rings. The minimum Gasteiger partial charge on any atom is -0.321 e. The molecule has 0 aliphatic heterocycles. The Balaban J connectivity index is 2.25. The standard InChI is InChI=1S/C13H15N/c1-10-5-6-11-9-12-4-2-3-7-14(12)13(11)8-10/h2-4,7,9-10H,5-6,8H2,1H3. The van der Waals surface area contributed by atoms with Gasteiger partial charge in [-0.25, -0.2) is 0 Å². The number of aryl methyl sites for hydroxylation is 1. The van der Waals surface area contributed by atoms with Crippen LogP contribution in [0.5, 0.6) is 0 Å². The van der Waals surface area contributed by atoms with Gasteiger partial charge in [0, 0.05) is 17.4 Å². The maximum Gasteiger partial charge on any atom is 0.0455 e. The number of pyridine rings is 1. The van der Waals surface area contributed by atoms with E-state index in [4.69, 9.17) is 0 Å². The van der Waals surface area contributed by atoms with E-state index in [0.29, 0.717) is 0 Å². The lowest BCUT2D eigenvalue weighted by Crippen LogP contribution is -2.11. The van der Waals surface area contributed by atoms with E-state index in [1.807, 2.05) is 0 Å². The summed E-state index contributed by atoms with van der Waals surface area (Å²) in [4.78, 5) is 0. The van der Waals surface area contributed by atoms with E-state index in [-0.39, 0.29) is 0 Å². The van der Waals surface area contributed by atoms with Crippen LogP contribution in [0.15, 0.2) is 30.5 Å².